The molecule has 2 rings (SSSR count). The topological polar surface area (TPSA) is 325 Å². The molecule has 18 nitrogen and oxygen atoms in total. The van der Waals surface area contributed by atoms with Gasteiger partial charge in [-0.05, 0) is 0 Å². The molecule has 0 amide bonds. The van der Waals surface area contributed by atoms with Crippen LogP contribution in [0.5, 0.6) is 0 Å². The molecule has 2 unspecified atom stereocenters. The predicted molar refractivity (Wildman–Crippen MR) is 108 cm³/mol. The van der Waals surface area contributed by atoms with Crippen LogP contribution in [0.2, 0.25) is 0 Å². The minimum Gasteiger partial charge on any atom is -0.394 e. The summed E-state index contributed by atoms with van der Waals surface area (Å²) in [6.45, 7) is -3.59. The normalized spacial score (nSPS) is 41.4. The van der Waals surface area contributed by atoms with Crippen molar-refractivity contribution in [1.82, 2.24) is 0 Å². The van der Waals surface area contributed by atoms with Gasteiger partial charge < -0.3 is 75.4 Å². The molecule has 0 aromatic carbocycles. The summed E-state index contributed by atoms with van der Waals surface area (Å²) in [5.41, 5.74) is -3.76. The predicted octanol–water partition coefficient (Wildman–Crippen LogP) is -8.20. The number of ether oxygens (including phenoxy) is 2. The van der Waals surface area contributed by atoms with E-state index < -0.39 is 112 Å². The van der Waals surface area contributed by atoms with E-state index in [-0.39, 0.29) is 0 Å². The zero-order chi connectivity index (χ0) is 27.7. The minimum absolute atomic E-state index is 1.07. The molecule has 0 radical (unpaired) electrons. The first-order valence-corrected chi connectivity index (χ1v) is 12.0. The Balaban J connectivity index is 2.78. The molecule has 212 valence electrons. The molecule has 2 heterocycles. The number of rotatable bonds is 10. The van der Waals surface area contributed by atoms with Gasteiger partial charge >= 0.3 is 7.82 Å². The molecule has 0 saturated carbocycles. The van der Waals surface area contributed by atoms with Crippen LogP contribution in [0.3, 0.4) is 0 Å². The van der Waals surface area contributed by atoms with Gasteiger partial charge in [-0.25, -0.2) is 4.57 Å². The summed E-state index contributed by atoms with van der Waals surface area (Å²) in [4.78, 5) is 32.9. The van der Waals surface area contributed by atoms with Crippen LogP contribution in [-0.2, 0) is 23.4 Å². The van der Waals surface area contributed by atoms with Gasteiger partial charge in [-0.2, -0.15) is 0 Å². The quantitative estimate of drug-likeness (QED) is 0.111. The zero-order valence-corrected chi connectivity index (χ0v) is 19.2. The highest BCUT2D eigenvalue weighted by atomic mass is 31.2. The van der Waals surface area contributed by atoms with Crippen LogP contribution < -0.4 is 0 Å². The molecule has 2 aliphatic rings. The Labute approximate surface area is 202 Å². The highest BCUT2D eigenvalue weighted by molar-refractivity contribution is 7.46. The van der Waals surface area contributed by atoms with Gasteiger partial charge in [0.2, 0.25) is 5.78 Å². The summed E-state index contributed by atoms with van der Waals surface area (Å²) < 4.78 is 26.7. The summed E-state index contributed by atoms with van der Waals surface area (Å²) in [5.74, 6) is -1.97. The van der Waals surface area contributed by atoms with Crippen LogP contribution in [0, 0.1) is 0 Å². The average molecular weight is 554 g/mol. The maximum absolute atomic E-state index is 13.7. The van der Waals surface area contributed by atoms with Crippen LogP contribution in [-0.4, -0.2) is 170 Å². The van der Waals surface area contributed by atoms with Crippen molar-refractivity contribution in [2.75, 3.05) is 19.8 Å². The van der Waals surface area contributed by atoms with Crippen LogP contribution in [0.4, 0.5) is 0 Å². The van der Waals surface area contributed by atoms with Gasteiger partial charge in [0.1, 0.15) is 73.2 Å². The number of aliphatic hydroxyl groups is 11. The van der Waals surface area contributed by atoms with Crippen molar-refractivity contribution in [3.8, 4) is 0 Å². The number of Topliss-reactive ketones (excluding diaryl/α,β-unsaturated/α-hetero) is 1. The third-order valence-electron chi connectivity index (χ3n) is 6.11. The van der Waals surface area contributed by atoms with Crippen LogP contribution in [0.1, 0.15) is 0 Å². The largest absolute Gasteiger partial charge is 0.470 e. The van der Waals surface area contributed by atoms with Gasteiger partial charge in [0.15, 0.2) is 5.60 Å². The number of phosphoric ester groups is 1. The molecule has 2 aliphatic heterocycles. The van der Waals surface area contributed by atoms with Crippen LogP contribution in [0.25, 0.3) is 0 Å². The summed E-state index contributed by atoms with van der Waals surface area (Å²) >= 11 is 0. The zero-order valence-electron chi connectivity index (χ0n) is 18.4. The fraction of sp³-hybridized carbons (Fsp3) is 0.941. The summed E-state index contributed by atoms with van der Waals surface area (Å²) in [6, 6.07) is 0. The van der Waals surface area contributed by atoms with E-state index in [9.17, 15) is 75.3 Å². The van der Waals surface area contributed by atoms with E-state index in [1.807, 2.05) is 0 Å². The Morgan fingerprint density at radius 2 is 1.28 bits per heavy atom. The van der Waals surface area contributed by atoms with Crippen molar-refractivity contribution in [1.29, 1.82) is 0 Å². The Morgan fingerprint density at radius 3 is 1.72 bits per heavy atom. The molecular formula is C17H31O18P. The van der Waals surface area contributed by atoms with Crippen molar-refractivity contribution in [2.24, 2.45) is 0 Å². The third kappa shape index (κ3) is 5.80. The van der Waals surface area contributed by atoms with Gasteiger partial charge in [0.25, 0.3) is 0 Å². The second-order valence-electron chi connectivity index (χ2n) is 8.43. The molecule has 13 atom stereocenters. The van der Waals surface area contributed by atoms with Crippen molar-refractivity contribution >= 4 is 13.6 Å². The van der Waals surface area contributed by atoms with E-state index in [0.717, 1.165) is 0 Å². The van der Waals surface area contributed by atoms with E-state index in [4.69, 9.17) is 9.47 Å². The molecular weight excluding hydrogens is 523 g/mol. The first kappa shape index (κ1) is 31.5. The van der Waals surface area contributed by atoms with Gasteiger partial charge in [0, 0.05) is 0 Å². The number of carbonyl (C=O) groups is 1. The highest BCUT2D eigenvalue weighted by Crippen LogP contribution is 2.48. The number of phosphoric acid groups is 1. The molecule has 13 N–H and O–H groups in total. The SMILES string of the molecule is O=C(C1O[C@H](CO)[C@H](O)[C@H](O)[C@H]1O)[C@@](OP(=O)(O)O)(C1O[C@H](CO)[C@H](O)[C@H](O)[C@H]1O)[C@@H](O)[C@H](O)CO. The van der Waals surface area contributed by atoms with E-state index >= 15 is 0 Å². The molecule has 0 spiro atoms. The maximum Gasteiger partial charge on any atom is 0.470 e. The lowest BCUT2D eigenvalue weighted by Crippen LogP contribution is -2.75. The van der Waals surface area contributed by atoms with Crippen molar-refractivity contribution in [3.63, 3.8) is 0 Å². The second-order valence-corrected chi connectivity index (χ2v) is 9.60. The molecule has 36 heavy (non-hydrogen) atoms. The van der Waals surface area contributed by atoms with Gasteiger partial charge in [-0.15, -0.1) is 0 Å². The molecule has 0 aliphatic carbocycles. The minimum atomic E-state index is -5.99. The molecule has 0 aromatic heterocycles. The van der Waals surface area contributed by atoms with Crippen LogP contribution >= 0.6 is 7.82 Å². The fourth-order valence-electron chi connectivity index (χ4n) is 4.18. The van der Waals surface area contributed by atoms with Crippen LogP contribution in [0.15, 0.2) is 0 Å². The Bertz CT molecular complexity index is 790. The highest BCUT2D eigenvalue weighted by Gasteiger charge is 2.67. The number of hydrogen-bond donors (Lipinski definition) is 13. The smallest absolute Gasteiger partial charge is 0.394 e. The number of carbonyl (C=O) groups excluding carboxylic acids is 1. The third-order valence-corrected chi connectivity index (χ3v) is 6.65. The second kappa shape index (κ2) is 12.0. The molecule has 2 fully saturated rings. The number of aliphatic hydroxyl groups excluding tert-OH is 11. The van der Waals surface area contributed by atoms with Gasteiger partial charge in [-0.3, -0.25) is 9.32 Å². The van der Waals surface area contributed by atoms with E-state index in [1.54, 1.807) is 0 Å². The van der Waals surface area contributed by atoms with E-state index in [0.29, 0.717) is 0 Å². The lowest BCUT2D eigenvalue weighted by Gasteiger charge is -2.51. The van der Waals surface area contributed by atoms with E-state index in [1.165, 1.54) is 0 Å². The van der Waals surface area contributed by atoms with Gasteiger partial charge in [0.05, 0.1) is 19.8 Å². The molecule has 2 saturated heterocycles. The fourth-order valence-corrected chi connectivity index (χ4v) is 4.88. The average Bonchev–Trinajstić information content (AvgIpc) is 2.83. The monoisotopic (exact) mass is 554 g/mol. The number of hydrogen-bond acceptors (Lipinski definition) is 16. The first-order chi connectivity index (χ1) is 16.6. The lowest BCUT2D eigenvalue weighted by atomic mass is 9.74. The Hall–Kier alpha value is -0.740. The summed E-state index contributed by atoms with van der Waals surface area (Å²) in [7, 11) is -5.99. The maximum atomic E-state index is 13.7. The summed E-state index contributed by atoms with van der Waals surface area (Å²) in [5, 5.41) is 110. The van der Waals surface area contributed by atoms with Gasteiger partial charge in [-0.1, -0.05) is 0 Å². The number of ketones is 1. The Kier molecular flexibility index (Phi) is 10.5. The molecule has 0 aromatic rings. The van der Waals surface area contributed by atoms with Crippen molar-refractivity contribution < 1.29 is 89.3 Å². The first-order valence-electron chi connectivity index (χ1n) is 10.5. The Morgan fingerprint density at radius 1 is 0.806 bits per heavy atom. The lowest BCUT2D eigenvalue weighted by molar-refractivity contribution is -0.288. The standard InChI is InChI=1S/C17H31O18P/c18-1-4(21)14(28)17(35-36(30,31)32,16-12(27)10(25)8(23)6(3-20)34-16)15(29)13-11(26)9(24)7(22)5(2-19)33-13/h4-14,16,18-28H,1-3H2,(H2,30,31,32)/t4-,5-,6-,7+,8+,9+,10+,11-,12-,13?,14+,16?,17-/m1/s1. The van der Waals surface area contributed by atoms with E-state index in [2.05, 4.69) is 4.52 Å². The molecule has 0 bridgehead atoms. The van der Waals surface area contributed by atoms with Crippen molar-refractivity contribution in [3.05, 3.63) is 0 Å². The van der Waals surface area contributed by atoms with Crippen molar-refractivity contribution in [2.45, 2.75) is 78.8 Å². The molecule has 19 heteroatoms. The summed E-state index contributed by atoms with van der Waals surface area (Å²) in [6.07, 6.45) is -27.8.